The van der Waals surface area contributed by atoms with E-state index < -0.39 is 72.3 Å². The summed E-state index contributed by atoms with van der Waals surface area (Å²) in [6.45, 7) is 3.80. The second-order valence-corrected chi connectivity index (χ2v) is 18.7. The van der Waals surface area contributed by atoms with Crippen LogP contribution in [0.5, 0.6) is 0 Å². The largest absolute Gasteiger partial charge is 0.472 e. The SMILES string of the molecule is CC/C=C\C/C=C\CC(O)/C=C/C=C\C/C=C\C/C=C\CCC(=O)OC[C@H](COP(=O)(O)OC[C@@H](O)COP(=O)(O)O)OC(=O)CCCCCCCCCCCCCCCC(C)C. The minimum Gasteiger partial charge on any atom is -0.462 e. The topological polar surface area (TPSA) is 216 Å². The van der Waals surface area contributed by atoms with Crippen LogP contribution in [0.4, 0.5) is 0 Å². The minimum absolute atomic E-state index is 0.0447. The Morgan fingerprint density at radius 3 is 1.70 bits per heavy atom. The third kappa shape index (κ3) is 45.9. The van der Waals surface area contributed by atoms with Crippen LogP contribution < -0.4 is 0 Å². The number of phosphoric acid groups is 2. The van der Waals surface area contributed by atoms with Gasteiger partial charge in [0, 0.05) is 12.8 Å². The Hall–Kier alpha value is -2.48. The molecule has 0 aromatic rings. The van der Waals surface area contributed by atoms with Crippen molar-refractivity contribution in [2.45, 2.75) is 180 Å². The first-order chi connectivity index (χ1) is 30.1. The molecule has 63 heavy (non-hydrogen) atoms. The Bertz CT molecular complexity index is 1420. The van der Waals surface area contributed by atoms with Crippen molar-refractivity contribution < 1.29 is 66.7 Å². The van der Waals surface area contributed by atoms with Crippen molar-refractivity contribution in [3.05, 3.63) is 72.9 Å². The number of hydrogen-bond donors (Lipinski definition) is 5. The van der Waals surface area contributed by atoms with Crippen LogP contribution in [0.3, 0.4) is 0 Å². The molecule has 14 nitrogen and oxygen atoms in total. The van der Waals surface area contributed by atoms with Gasteiger partial charge < -0.3 is 34.4 Å². The molecular weight excluding hydrogens is 850 g/mol. The van der Waals surface area contributed by atoms with Crippen LogP contribution in [0, 0.1) is 5.92 Å². The highest BCUT2D eigenvalue weighted by atomic mass is 31.2. The Morgan fingerprint density at radius 1 is 0.571 bits per heavy atom. The van der Waals surface area contributed by atoms with Crippen LogP contribution in [-0.2, 0) is 41.8 Å². The Balaban J connectivity index is 4.65. The van der Waals surface area contributed by atoms with E-state index in [2.05, 4.69) is 42.0 Å². The lowest BCUT2D eigenvalue weighted by atomic mass is 10.0. The summed E-state index contributed by atoms with van der Waals surface area (Å²) in [4.78, 5) is 52.7. The first kappa shape index (κ1) is 60.5. The van der Waals surface area contributed by atoms with Crippen LogP contribution in [-0.4, -0.2) is 81.6 Å². The molecule has 0 aliphatic rings. The molecular formula is C47H82O14P2. The number of rotatable bonds is 42. The lowest BCUT2D eigenvalue weighted by Gasteiger charge is -2.20. The summed E-state index contributed by atoms with van der Waals surface area (Å²) in [6.07, 6.45) is 40.8. The van der Waals surface area contributed by atoms with Gasteiger partial charge in [-0.1, -0.05) is 177 Å². The number of carbonyl (C=O) groups is 2. The summed E-state index contributed by atoms with van der Waals surface area (Å²) in [5, 5.41) is 19.8. The number of aliphatic hydroxyl groups excluding tert-OH is 2. The fourth-order valence-corrected chi connectivity index (χ4v) is 7.03. The molecule has 0 aliphatic carbocycles. The van der Waals surface area contributed by atoms with Crippen LogP contribution in [0.1, 0.15) is 162 Å². The minimum atomic E-state index is -4.88. The van der Waals surface area contributed by atoms with Gasteiger partial charge in [0.1, 0.15) is 12.7 Å². The summed E-state index contributed by atoms with van der Waals surface area (Å²) in [5.74, 6) is -0.368. The molecule has 16 heteroatoms. The van der Waals surface area contributed by atoms with E-state index in [-0.39, 0.29) is 12.8 Å². The van der Waals surface area contributed by atoms with Gasteiger partial charge in [-0.15, -0.1) is 0 Å². The molecule has 2 unspecified atom stereocenters. The number of phosphoric ester groups is 2. The smallest absolute Gasteiger partial charge is 0.462 e. The monoisotopic (exact) mass is 933 g/mol. The molecule has 0 rings (SSSR count). The van der Waals surface area contributed by atoms with E-state index in [4.69, 9.17) is 23.8 Å². The van der Waals surface area contributed by atoms with E-state index >= 15 is 0 Å². The van der Waals surface area contributed by atoms with E-state index in [0.717, 1.165) is 50.9 Å². The fourth-order valence-electron chi connectivity index (χ4n) is 5.88. The second-order valence-electron chi connectivity index (χ2n) is 16.0. The van der Waals surface area contributed by atoms with Crippen LogP contribution >= 0.6 is 15.6 Å². The van der Waals surface area contributed by atoms with Gasteiger partial charge in [-0.3, -0.25) is 23.2 Å². The van der Waals surface area contributed by atoms with E-state index in [1.54, 1.807) is 6.08 Å². The molecule has 0 saturated carbocycles. The summed E-state index contributed by atoms with van der Waals surface area (Å²) in [6, 6.07) is 0. The van der Waals surface area contributed by atoms with E-state index in [9.17, 15) is 33.8 Å². The molecule has 0 bridgehead atoms. The number of esters is 2. The summed E-state index contributed by atoms with van der Waals surface area (Å²) in [7, 11) is -9.72. The van der Waals surface area contributed by atoms with E-state index in [0.29, 0.717) is 25.7 Å². The van der Waals surface area contributed by atoms with Crippen molar-refractivity contribution in [3.63, 3.8) is 0 Å². The average Bonchev–Trinajstić information content (AvgIpc) is 3.23. The molecule has 0 radical (unpaired) electrons. The molecule has 0 aromatic heterocycles. The van der Waals surface area contributed by atoms with Gasteiger partial charge in [0.2, 0.25) is 0 Å². The quantitative estimate of drug-likeness (QED) is 0.0127. The lowest BCUT2D eigenvalue weighted by molar-refractivity contribution is -0.161. The van der Waals surface area contributed by atoms with Gasteiger partial charge in [0.25, 0.3) is 0 Å². The van der Waals surface area contributed by atoms with Gasteiger partial charge in [0.05, 0.1) is 25.9 Å². The zero-order valence-corrected chi connectivity index (χ0v) is 40.2. The Morgan fingerprint density at radius 2 is 1.10 bits per heavy atom. The molecule has 0 aromatic carbocycles. The van der Waals surface area contributed by atoms with Crippen molar-refractivity contribution in [1.82, 2.24) is 0 Å². The van der Waals surface area contributed by atoms with E-state index in [1.807, 2.05) is 54.7 Å². The van der Waals surface area contributed by atoms with Crippen molar-refractivity contribution in [1.29, 1.82) is 0 Å². The Kier molecular flexibility index (Phi) is 39.4. The van der Waals surface area contributed by atoms with Gasteiger partial charge in [0.15, 0.2) is 6.10 Å². The molecule has 0 heterocycles. The number of unbranched alkanes of at least 4 members (excludes halogenated alkanes) is 12. The zero-order chi connectivity index (χ0) is 46.9. The fraction of sp³-hybridized carbons (Fsp3) is 0.702. The molecule has 0 amide bonds. The second kappa shape index (κ2) is 41.0. The van der Waals surface area contributed by atoms with Gasteiger partial charge in [-0.2, -0.15) is 0 Å². The lowest BCUT2D eigenvalue weighted by Crippen LogP contribution is -2.29. The maximum Gasteiger partial charge on any atom is 0.472 e. The zero-order valence-electron chi connectivity index (χ0n) is 38.4. The van der Waals surface area contributed by atoms with Gasteiger partial charge >= 0.3 is 27.6 Å². The third-order valence-corrected chi connectivity index (χ3v) is 10.8. The molecule has 0 fully saturated rings. The number of carbonyl (C=O) groups excluding carboxylic acids is 2. The molecule has 0 spiro atoms. The van der Waals surface area contributed by atoms with Crippen molar-refractivity contribution in [2.75, 3.05) is 26.4 Å². The van der Waals surface area contributed by atoms with Crippen LogP contribution in [0.15, 0.2) is 72.9 Å². The van der Waals surface area contributed by atoms with Crippen molar-refractivity contribution in [3.8, 4) is 0 Å². The first-order valence-corrected chi connectivity index (χ1v) is 26.1. The van der Waals surface area contributed by atoms with Gasteiger partial charge in [-0.05, 0) is 50.9 Å². The summed E-state index contributed by atoms with van der Waals surface area (Å²) < 4.78 is 47.7. The Labute approximate surface area is 378 Å². The van der Waals surface area contributed by atoms with Crippen molar-refractivity contribution in [2.24, 2.45) is 5.92 Å². The van der Waals surface area contributed by atoms with E-state index in [1.165, 1.54) is 57.8 Å². The number of ether oxygens (including phenoxy) is 2. The highest BCUT2D eigenvalue weighted by Crippen LogP contribution is 2.43. The molecule has 364 valence electrons. The van der Waals surface area contributed by atoms with Gasteiger partial charge in [-0.25, -0.2) is 9.13 Å². The number of hydrogen-bond acceptors (Lipinski definition) is 11. The maximum atomic E-state index is 12.7. The van der Waals surface area contributed by atoms with Crippen LogP contribution in [0.25, 0.3) is 0 Å². The standard InChI is InChI=1S/C47H82O14P2/c1-4-5-6-7-24-29-34-43(48)35-30-25-20-16-13-14-17-21-26-31-36-46(50)57-40-45(41-60-63(55,56)59-39-44(49)38-58-62(52,53)54)61-47(51)37-32-27-22-18-12-10-8-9-11-15-19-23-28-33-42(2)3/h5-6,13-14,20-21,24-26,29-30,35,42-45,48-49H,4,7-12,15-19,22-23,27-28,31-34,36-41H2,1-3H3,(H,55,56)(H2,52,53,54)/b6-5-,14-13-,25-20-,26-21-,29-24-,35-30+/t43?,44-,45+/m0/s1. The van der Waals surface area contributed by atoms with Crippen molar-refractivity contribution >= 4 is 27.6 Å². The highest BCUT2D eigenvalue weighted by molar-refractivity contribution is 7.47. The molecule has 0 aliphatic heterocycles. The normalized spacial score (nSPS) is 15.2. The predicted molar refractivity (Wildman–Crippen MR) is 250 cm³/mol. The summed E-state index contributed by atoms with van der Waals surface area (Å²) in [5.41, 5.74) is 0. The predicted octanol–water partition coefficient (Wildman–Crippen LogP) is 11.0. The summed E-state index contributed by atoms with van der Waals surface area (Å²) >= 11 is 0. The first-order valence-electron chi connectivity index (χ1n) is 23.1. The average molecular weight is 933 g/mol. The highest BCUT2D eigenvalue weighted by Gasteiger charge is 2.28. The third-order valence-electron chi connectivity index (χ3n) is 9.37. The number of allylic oxidation sites excluding steroid dienone is 10. The molecule has 4 atom stereocenters. The maximum absolute atomic E-state index is 12.7. The number of aliphatic hydroxyl groups is 2. The molecule has 0 saturated heterocycles. The molecule has 5 N–H and O–H groups in total. The van der Waals surface area contributed by atoms with Crippen LogP contribution in [0.2, 0.25) is 0 Å².